The van der Waals surface area contributed by atoms with Crippen LogP contribution in [0.1, 0.15) is 18.5 Å². The van der Waals surface area contributed by atoms with Crippen molar-refractivity contribution >= 4 is 46.4 Å². The summed E-state index contributed by atoms with van der Waals surface area (Å²) >= 11 is 18.3. The minimum absolute atomic E-state index is 0.00530. The van der Waals surface area contributed by atoms with Crippen LogP contribution in [0, 0.1) is 0 Å². The molecule has 0 bridgehead atoms. The van der Waals surface area contributed by atoms with Crippen molar-refractivity contribution in [2.45, 2.75) is 13.0 Å². The SMILES string of the molecule is CC(c1ccccc1Cl)N(C)c1nc(N)c(Cl)cc1Cl. The number of hydrogen-bond acceptors (Lipinski definition) is 3. The maximum atomic E-state index is 6.22. The highest BCUT2D eigenvalue weighted by Gasteiger charge is 2.19. The summed E-state index contributed by atoms with van der Waals surface area (Å²) in [5, 5.41) is 1.49. The van der Waals surface area contributed by atoms with E-state index in [4.69, 9.17) is 40.5 Å². The van der Waals surface area contributed by atoms with Gasteiger partial charge in [-0.25, -0.2) is 4.98 Å². The number of rotatable bonds is 3. The van der Waals surface area contributed by atoms with Crippen LogP contribution in [-0.2, 0) is 0 Å². The van der Waals surface area contributed by atoms with Crippen molar-refractivity contribution in [1.29, 1.82) is 0 Å². The highest BCUT2D eigenvalue weighted by molar-refractivity contribution is 6.37. The predicted octanol–water partition coefficient (Wildman–Crippen LogP) is 4.82. The van der Waals surface area contributed by atoms with Gasteiger partial charge in [-0.1, -0.05) is 53.0 Å². The van der Waals surface area contributed by atoms with Crippen LogP contribution in [0.25, 0.3) is 0 Å². The molecule has 0 aliphatic carbocycles. The number of hydrogen-bond donors (Lipinski definition) is 1. The zero-order valence-electron chi connectivity index (χ0n) is 11.1. The molecule has 0 amide bonds. The second kappa shape index (κ2) is 6.08. The molecule has 0 saturated carbocycles. The fourth-order valence-electron chi connectivity index (χ4n) is 1.92. The van der Waals surface area contributed by atoms with Crippen LogP contribution >= 0.6 is 34.8 Å². The Balaban J connectivity index is 2.39. The Morgan fingerprint density at radius 2 is 1.75 bits per heavy atom. The van der Waals surface area contributed by atoms with Gasteiger partial charge >= 0.3 is 0 Å². The molecule has 20 heavy (non-hydrogen) atoms. The van der Waals surface area contributed by atoms with Gasteiger partial charge in [0.1, 0.15) is 11.6 Å². The Hall–Kier alpha value is -1.16. The van der Waals surface area contributed by atoms with Crippen molar-refractivity contribution in [2.75, 3.05) is 17.7 Å². The molecule has 6 heteroatoms. The van der Waals surface area contributed by atoms with Crippen LogP contribution in [-0.4, -0.2) is 12.0 Å². The van der Waals surface area contributed by atoms with Gasteiger partial charge in [-0.3, -0.25) is 0 Å². The van der Waals surface area contributed by atoms with E-state index in [1.165, 1.54) is 0 Å². The van der Waals surface area contributed by atoms with Gasteiger partial charge in [0, 0.05) is 12.1 Å². The third kappa shape index (κ3) is 2.95. The predicted molar refractivity (Wildman–Crippen MR) is 86.9 cm³/mol. The van der Waals surface area contributed by atoms with Crippen LogP contribution in [0.3, 0.4) is 0 Å². The Bertz CT molecular complexity index is 631. The van der Waals surface area contributed by atoms with Crippen molar-refractivity contribution in [1.82, 2.24) is 4.98 Å². The Morgan fingerprint density at radius 1 is 1.10 bits per heavy atom. The van der Waals surface area contributed by atoms with Gasteiger partial charge in [0.15, 0.2) is 0 Å². The van der Waals surface area contributed by atoms with Crippen molar-refractivity contribution in [3.8, 4) is 0 Å². The average Bonchev–Trinajstić information content (AvgIpc) is 2.42. The highest BCUT2D eigenvalue weighted by atomic mass is 35.5. The number of nitrogens with zero attached hydrogens (tertiary/aromatic N) is 2. The standard InChI is InChI=1S/C14H14Cl3N3/c1-8(9-5-3-4-6-10(9)15)20(2)14-12(17)7-11(16)13(18)19-14/h3-8H,1-2H3,(H2,18,19). The molecule has 0 fully saturated rings. The number of nitrogen functional groups attached to an aromatic ring is 1. The lowest BCUT2D eigenvalue weighted by atomic mass is 10.1. The van der Waals surface area contributed by atoms with E-state index >= 15 is 0 Å². The zero-order valence-corrected chi connectivity index (χ0v) is 13.3. The summed E-state index contributed by atoms with van der Waals surface area (Å²) in [6.07, 6.45) is 0. The van der Waals surface area contributed by atoms with E-state index in [0.717, 1.165) is 5.56 Å². The molecule has 1 aromatic heterocycles. The van der Waals surface area contributed by atoms with Crippen molar-refractivity contribution in [3.05, 3.63) is 51.0 Å². The molecule has 1 atom stereocenters. The minimum atomic E-state index is -0.00530. The summed E-state index contributed by atoms with van der Waals surface area (Å²) in [4.78, 5) is 6.16. The maximum Gasteiger partial charge on any atom is 0.150 e. The molecule has 2 aromatic rings. The largest absolute Gasteiger partial charge is 0.382 e. The van der Waals surface area contributed by atoms with Gasteiger partial charge in [-0.2, -0.15) is 0 Å². The van der Waals surface area contributed by atoms with E-state index in [2.05, 4.69) is 4.98 Å². The van der Waals surface area contributed by atoms with E-state index in [0.29, 0.717) is 20.9 Å². The Kier molecular flexibility index (Phi) is 4.63. The fourth-order valence-corrected chi connectivity index (χ4v) is 2.71. The van der Waals surface area contributed by atoms with Gasteiger partial charge in [-0.05, 0) is 24.6 Å². The van der Waals surface area contributed by atoms with Crippen LogP contribution in [0.4, 0.5) is 11.6 Å². The molecule has 1 heterocycles. The molecule has 106 valence electrons. The topological polar surface area (TPSA) is 42.2 Å². The number of pyridine rings is 1. The molecule has 1 aromatic carbocycles. The highest BCUT2D eigenvalue weighted by Crippen LogP contribution is 2.35. The van der Waals surface area contributed by atoms with Gasteiger partial charge in [0.25, 0.3) is 0 Å². The number of benzene rings is 1. The summed E-state index contributed by atoms with van der Waals surface area (Å²) in [6, 6.07) is 9.25. The quantitative estimate of drug-likeness (QED) is 0.877. The molecule has 3 nitrogen and oxygen atoms in total. The molecule has 0 aliphatic heterocycles. The van der Waals surface area contributed by atoms with E-state index in [1.54, 1.807) is 6.07 Å². The van der Waals surface area contributed by atoms with Gasteiger partial charge in [0.2, 0.25) is 0 Å². The first-order valence-corrected chi connectivity index (χ1v) is 7.14. The molecule has 0 spiro atoms. The Morgan fingerprint density at radius 3 is 2.40 bits per heavy atom. The Labute approximate surface area is 133 Å². The third-order valence-electron chi connectivity index (χ3n) is 3.21. The fraction of sp³-hybridized carbons (Fsp3) is 0.214. The second-order valence-corrected chi connectivity index (χ2v) is 5.69. The van der Waals surface area contributed by atoms with Gasteiger partial charge in [-0.15, -0.1) is 0 Å². The number of aromatic nitrogens is 1. The summed E-state index contributed by atoms with van der Waals surface area (Å²) < 4.78 is 0. The van der Waals surface area contributed by atoms with Crippen LogP contribution < -0.4 is 10.6 Å². The smallest absolute Gasteiger partial charge is 0.150 e. The number of nitrogens with two attached hydrogens (primary N) is 1. The molecular formula is C14H14Cl3N3. The van der Waals surface area contributed by atoms with Crippen LogP contribution in [0.2, 0.25) is 15.1 Å². The van der Waals surface area contributed by atoms with Gasteiger partial charge < -0.3 is 10.6 Å². The van der Waals surface area contributed by atoms with E-state index in [1.807, 2.05) is 43.1 Å². The lowest BCUT2D eigenvalue weighted by Gasteiger charge is -2.28. The minimum Gasteiger partial charge on any atom is -0.382 e. The molecule has 2 N–H and O–H groups in total. The summed E-state index contributed by atoms with van der Waals surface area (Å²) in [6.45, 7) is 2.02. The van der Waals surface area contributed by atoms with Crippen LogP contribution in [0.5, 0.6) is 0 Å². The molecule has 2 rings (SSSR count). The van der Waals surface area contributed by atoms with Crippen molar-refractivity contribution in [2.24, 2.45) is 0 Å². The molecule has 1 unspecified atom stereocenters. The van der Waals surface area contributed by atoms with E-state index in [9.17, 15) is 0 Å². The first-order valence-electron chi connectivity index (χ1n) is 6.00. The second-order valence-electron chi connectivity index (χ2n) is 4.47. The monoisotopic (exact) mass is 329 g/mol. The molecule has 0 aliphatic rings. The average molecular weight is 331 g/mol. The number of anilines is 2. The normalized spacial score (nSPS) is 12.2. The molecular weight excluding hydrogens is 317 g/mol. The summed E-state index contributed by atoms with van der Waals surface area (Å²) in [5.74, 6) is 0.824. The van der Waals surface area contributed by atoms with E-state index in [-0.39, 0.29) is 11.9 Å². The number of halogens is 3. The maximum absolute atomic E-state index is 6.22. The van der Waals surface area contributed by atoms with Gasteiger partial charge in [0.05, 0.1) is 16.1 Å². The first kappa shape index (κ1) is 15.2. The lowest BCUT2D eigenvalue weighted by Crippen LogP contribution is -2.23. The molecule has 0 saturated heterocycles. The lowest BCUT2D eigenvalue weighted by molar-refractivity contribution is 0.730. The third-order valence-corrected chi connectivity index (χ3v) is 4.13. The molecule has 0 radical (unpaired) electrons. The first-order chi connectivity index (χ1) is 9.41. The summed E-state index contributed by atoms with van der Waals surface area (Å²) in [5.41, 5.74) is 6.73. The summed E-state index contributed by atoms with van der Waals surface area (Å²) in [7, 11) is 1.88. The van der Waals surface area contributed by atoms with Crippen LogP contribution in [0.15, 0.2) is 30.3 Å². The zero-order chi connectivity index (χ0) is 14.9. The van der Waals surface area contributed by atoms with E-state index < -0.39 is 0 Å². The van der Waals surface area contributed by atoms with Crippen molar-refractivity contribution in [3.63, 3.8) is 0 Å². The van der Waals surface area contributed by atoms with Crippen molar-refractivity contribution < 1.29 is 0 Å².